The van der Waals surface area contributed by atoms with Crippen LogP contribution < -0.4 is 4.90 Å². The molecule has 112 valence electrons. The van der Waals surface area contributed by atoms with E-state index < -0.39 is 0 Å². The van der Waals surface area contributed by atoms with Crippen molar-refractivity contribution in [3.8, 4) is 0 Å². The minimum Gasteiger partial charge on any atom is -0.411 e. The van der Waals surface area contributed by atoms with Crippen LogP contribution in [0, 0.1) is 5.41 Å². The quantitative estimate of drug-likeness (QED) is 0.634. The largest absolute Gasteiger partial charge is 0.411 e. The predicted octanol–water partition coefficient (Wildman–Crippen LogP) is 3.57. The van der Waals surface area contributed by atoms with Crippen LogP contribution in [0.5, 0.6) is 0 Å². The third-order valence-corrected chi connectivity index (χ3v) is 4.92. The van der Waals surface area contributed by atoms with Gasteiger partial charge in [-0.25, -0.2) is 0 Å². The number of carbonyl (C=O) groups is 1. The summed E-state index contributed by atoms with van der Waals surface area (Å²) < 4.78 is 0. The number of carbonyl (C=O) groups excluding carboxylic acids is 1. The number of oxime groups is 1. The second kappa shape index (κ2) is 5.51. The molecule has 21 heavy (non-hydrogen) atoms. The molecule has 4 nitrogen and oxygen atoms in total. The Bertz CT molecular complexity index is 574. The Hall–Kier alpha value is -1.84. The van der Waals surface area contributed by atoms with Gasteiger partial charge in [0.2, 0.25) is 5.91 Å². The molecule has 0 radical (unpaired) electrons. The first-order chi connectivity index (χ1) is 10.2. The highest BCUT2D eigenvalue weighted by Gasteiger charge is 2.39. The minimum atomic E-state index is -0.237. The molecule has 1 N–H and O–H groups in total. The van der Waals surface area contributed by atoms with E-state index in [0.717, 1.165) is 36.9 Å². The summed E-state index contributed by atoms with van der Waals surface area (Å²) in [5.41, 5.74) is 2.19. The summed E-state index contributed by atoms with van der Waals surface area (Å²) in [7, 11) is 0. The molecule has 1 aliphatic carbocycles. The van der Waals surface area contributed by atoms with Gasteiger partial charge in [0.05, 0.1) is 11.4 Å². The van der Waals surface area contributed by atoms with E-state index in [2.05, 4.69) is 12.1 Å². The SMILES string of the molecule is CC1(C(=O)N2CC/C(=N/O)c3ccccc32)CCCCC1. The summed E-state index contributed by atoms with van der Waals surface area (Å²) in [5.74, 6) is 0.228. The number of hydrogen-bond donors (Lipinski definition) is 1. The smallest absolute Gasteiger partial charge is 0.232 e. The molecule has 0 bridgehead atoms. The van der Waals surface area contributed by atoms with Crippen LogP contribution in [0.3, 0.4) is 0 Å². The normalized spacial score (nSPS) is 22.9. The zero-order valence-corrected chi connectivity index (χ0v) is 12.5. The Morgan fingerprint density at radius 2 is 1.95 bits per heavy atom. The van der Waals surface area contributed by atoms with E-state index in [-0.39, 0.29) is 11.3 Å². The standard InChI is InChI=1S/C17H22N2O2/c1-17(10-5-2-6-11-17)16(20)19-12-9-14(18-21)13-7-3-4-8-15(13)19/h3-4,7-8,21H,2,5-6,9-12H2,1H3/b18-14-. The van der Waals surface area contributed by atoms with E-state index in [0.29, 0.717) is 18.7 Å². The molecule has 0 saturated heterocycles. The summed E-state index contributed by atoms with van der Waals surface area (Å²) in [5, 5.41) is 12.5. The highest BCUT2D eigenvalue weighted by molar-refractivity contribution is 6.11. The van der Waals surface area contributed by atoms with E-state index in [1.807, 2.05) is 29.2 Å². The molecule has 1 aliphatic heterocycles. The molecule has 3 rings (SSSR count). The molecule has 1 fully saturated rings. The van der Waals surface area contributed by atoms with Crippen molar-refractivity contribution in [3.63, 3.8) is 0 Å². The van der Waals surface area contributed by atoms with Crippen molar-refractivity contribution >= 4 is 17.3 Å². The number of rotatable bonds is 1. The predicted molar refractivity (Wildman–Crippen MR) is 82.9 cm³/mol. The van der Waals surface area contributed by atoms with Crippen LogP contribution in [0.1, 0.15) is 51.0 Å². The van der Waals surface area contributed by atoms with Gasteiger partial charge in [-0.3, -0.25) is 4.79 Å². The molecule has 0 spiro atoms. The van der Waals surface area contributed by atoms with Crippen LogP contribution in [-0.2, 0) is 4.79 Å². The Labute approximate surface area is 125 Å². The topological polar surface area (TPSA) is 52.9 Å². The van der Waals surface area contributed by atoms with Gasteiger partial charge in [-0.1, -0.05) is 49.5 Å². The van der Waals surface area contributed by atoms with Crippen molar-refractivity contribution in [3.05, 3.63) is 29.8 Å². The number of hydrogen-bond acceptors (Lipinski definition) is 3. The first-order valence-corrected chi connectivity index (χ1v) is 7.78. The molecule has 0 aromatic heterocycles. The lowest BCUT2D eigenvalue weighted by atomic mass is 9.74. The van der Waals surface area contributed by atoms with Gasteiger partial charge in [-0.05, 0) is 18.9 Å². The fourth-order valence-electron chi connectivity index (χ4n) is 3.61. The van der Waals surface area contributed by atoms with Crippen molar-refractivity contribution in [2.45, 2.75) is 45.4 Å². The number of para-hydroxylation sites is 1. The monoisotopic (exact) mass is 286 g/mol. The van der Waals surface area contributed by atoms with Gasteiger partial charge in [0.1, 0.15) is 0 Å². The fraction of sp³-hybridized carbons (Fsp3) is 0.529. The van der Waals surface area contributed by atoms with Crippen LogP contribution in [0.4, 0.5) is 5.69 Å². The maximum absolute atomic E-state index is 13.1. The van der Waals surface area contributed by atoms with Crippen LogP contribution >= 0.6 is 0 Å². The van der Waals surface area contributed by atoms with Gasteiger partial charge < -0.3 is 10.1 Å². The summed E-state index contributed by atoms with van der Waals surface area (Å²) in [6, 6.07) is 7.72. The van der Waals surface area contributed by atoms with Crippen LogP contribution in [0.15, 0.2) is 29.4 Å². The molecule has 1 heterocycles. The summed E-state index contributed by atoms with van der Waals surface area (Å²) in [4.78, 5) is 15.0. The Morgan fingerprint density at radius 1 is 1.24 bits per heavy atom. The summed E-state index contributed by atoms with van der Waals surface area (Å²) in [6.07, 6.45) is 6.08. The van der Waals surface area contributed by atoms with Gasteiger partial charge in [0.15, 0.2) is 0 Å². The molecular weight excluding hydrogens is 264 g/mol. The first kappa shape index (κ1) is 14.1. The lowest BCUT2D eigenvalue weighted by Crippen LogP contribution is -2.46. The second-order valence-corrected chi connectivity index (χ2v) is 6.39. The highest BCUT2D eigenvalue weighted by atomic mass is 16.4. The van der Waals surface area contributed by atoms with E-state index in [9.17, 15) is 4.79 Å². The Morgan fingerprint density at radius 3 is 2.67 bits per heavy atom. The summed E-state index contributed by atoms with van der Waals surface area (Å²) in [6.45, 7) is 2.71. The molecule has 4 heteroatoms. The van der Waals surface area contributed by atoms with Crippen molar-refractivity contribution in [1.82, 2.24) is 0 Å². The van der Waals surface area contributed by atoms with E-state index in [4.69, 9.17) is 5.21 Å². The van der Waals surface area contributed by atoms with Crippen LogP contribution in [0.2, 0.25) is 0 Å². The van der Waals surface area contributed by atoms with Gasteiger partial charge in [-0.15, -0.1) is 0 Å². The molecule has 1 saturated carbocycles. The van der Waals surface area contributed by atoms with Crippen molar-refractivity contribution in [2.75, 3.05) is 11.4 Å². The first-order valence-electron chi connectivity index (χ1n) is 7.78. The number of benzene rings is 1. The maximum atomic E-state index is 13.1. The highest BCUT2D eigenvalue weighted by Crippen LogP contribution is 2.40. The third-order valence-electron chi connectivity index (χ3n) is 4.92. The number of anilines is 1. The lowest BCUT2D eigenvalue weighted by Gasteiger charge is -2.39. The van der Waals surface area contributed by atoms with E-state index >= 15 is 0 Å². The van der Waals surface area contributed by atoms with Gasteiger partial charge in [0, 0.05) is 23.9 Å². The van der Waals surface area contributed by atoms with Crippen molar-refractivity contribution < 1.29 is 10.0 Å². The van der Waals surface area contributed by atoms with Crippen molar-refractivity contribution in [1.29, 1.82) is 0 Å². The average molecular weight is 286 g/mol. The lowest BCUT2D eigenvalue weighted by molar-refractivity contribution is -0.129. The van der Waals surface area contributed by atoms with Gasteiger partial charge in [-0.2, -0.15) is 0 Å². The molecule has 0 unspecified atom stereocenters. The molecule has 1 amide bonds. The Kier molecular flexibility index (Phi) is 3.70. The zero-order chi connectivity index (χ0) is 14.9. The average Bonchev–Trinajstić information content (AvgIpc) is 2.54. The van der Waals surface area contributed by atoms with Crippen LogP contribution in [0.25, 0.3) is 0 Å². The third kappa shape index (κ3) is 2.43. The molecular formula is C17H22N2O2. The fourth-order valence-corrected chi connectivity index (χ4v) is 3.61. The number of nitrogens with zero attached hydrogens (tertiary/aromatic N) is 2. The van der Waals surface area contributed by atoms with Crippen LogP contribution in [-0.4, -0.2) is 23.4 Å². The van der Waals surface area contributed by atoms with Gasteiger partial charge in [0.25, 0.3) is 0 Å². The van der Waals surface area contributed by atoms with Gasteiger partial charge >= 0.3 is 0 Å². The van der Waals surface area contributed by atoms with Crippen molar-refractivity contribution in [2.24, 2.45) is 10.6 Å². The second-order valence-electron chi connectivity index (χ2n) is 6.39. The zero-order valence-electron chi connectivity index (χ0n) is 12.5. The Balaban J connectivity index is 1.94. The summed E-state index contributed by atoms with van der Waals surface area (Å²) >= 11 is 0. The molecule has 1 aromatic rings. The van der Waals surface area contributed by atoms with E-state index in [1.54, 1.807) is 0 Å². The maximum Gasteiger partial charge on any atom is 0.232 e. The minimum absolute atomic E-state index is 0.228. The van der Waals surface area contributed by atoms with E-state index in [1.165, 1.54) is 6.42 Å². The number of fused-ring (bicyclic) bond motifs is 1. The number of amides is 1. The molecule has 2 aliphatic rings. The molecule has 1 aromatic carbocycles. The molecule has 0 atom stereocenters.